The zero-order chi connectivity index (χ0) is 11.7. The number of imidazole rings is 1. The van der Waals surface area contributed by atoms with Crippen molar-refractivity contribution in [2.24, 2.45) is 5.73 Å². The van der Waals surface area contributed by atoms with E-state index < -0.39 is 0 Å². The molecule has 2 N–H and O–H groups in total. The maximum atomic E-state index is 5.71. The summed E-state index contributed by atoms with van der Waals surface area (Å²) in [5.74, 6) is 1.09. The second-order valence-electron chi connectivity index (χ2n) is 4.53. The zero-order valence-electron chi connectivity index (χ0n) is 9.97. The number of fused-ring (bicyclic) bond motifs is 1. The van der Waals surface area contributed by atoms with Gasteiger partial charge in [-0.2, -0.15) is 0 Å². The number of hydrogen-bond acceptors (Lipinski definition) is 3. The Labute approximate surface area is 101 Å². The predicted molar refractivity (Wildman–Crippen MR) is 70.2 cm³/mol. The van der Waals surface area contributed by atoms with Crippen molar-refractivity contribution < 1.29 is 0 Å². The van der Waals surface area contributed by atoms with Crippen LogP contribution in [-0.4, -0.2) is 29.2 Å². The molecule has 4 nitrogen and oxygen atoms in total. The molecule has 1 aromatic carbocycles. The molecule has 0 amide bonds. The van der Waals surface area contributed by atoms with Crippen LogP contribution in [0.5, 0.6) is 0 Å². The van der Waals surface area contributed by atoms with Gasteiger partial charge in [-0.25, -0.2) is 4.98 Å². The summed E-state index contributed by atoms with van der Waals surface area (Å²) in [6.45, 7) is 3.73. The number of benzene rings is 1. The van der Waals surface area contributed by atoms with Crippen LogP contribution in [0.3, 0.4) is 0 Å². The van der Waals surface area contributed by atoms with Gasteiger partial charge in [0.15, 0.2) is 0 Å². The average Bonchev–Trinajstić information content (AvgIpc) is 2.97. The van der Waals surface area contributed by atoms with Gasteiger partial charge in [-0.3, -0.25) is 0 Å². The molecule has 4 heteroatoms. The molecule has 2 heterocycles. The average molecular weight is 230 g/mol. The Balaban J connectivity index is 2.11. The van der Waals surface area contributed by atoms with Crippen molar-refractivity contribution >= 4 is 17.0 Å². The van der Waals surface area contributed by atoms with Crippen molar-refractivity contribution in [1.29, 1.82) is 0 Å². The number of hydrogen-bond donors (Lipinski definition) is 1. The summed E-state index contributed by atoms with van der Waals surface area (Å²) in [5.41, 5.74) is 7.98. The monoisotopic (exact) mass is 230 g/mol. The van der Waals surface area contributed by atoms with E-state index in [0.29, 0.717) is 6.54 Å². The molecule has 2 aromatic rings. The van der Waals surface area contributed by atoms with E-state index >= 15 is 0 Å². The Hall–Kier alpha value is -1.55. The minimum Gasteiger partial charge on any atom is -0.342 e. The lowest BCUT2D eigenvalue weighted by atomic mass is 10.3. The van der Waals surface area contributed by atoms with Gasteiger partial charge in [-0.1, -0.05) is 12.1 Å². The Kier molecular flexibility index (Phi) is 2.73. The molecule has 3 rings (SSSR count). The zero-order valence-corrected chi connectivity index (χ0v) is 9.97. The molecule has 1 fully saturated rings. The second kappa shape index (κ2) is 4.37. The highest BCUT2D eigenvalue weighted by Gasteiger charge is 2.19. The fraction of sp³-hybridized carbons (Fsp3) is 0.462. The van der Waals surface area contributed by atoms with Crippen LogP contribution in [0, 0.1) is 0 Å². The molecule has 0 aliphatic carbocycles. The summed E-state index contributed by atoms with van der Waals surface area (Å²) < 4.78 is 2.25. The Morgan fingerprint density at radius 2 is 1.94 bits per heavy atom. The third-order valence-electron chi connectivity index (χ3n) is 3.38. The second-order valence-corrected chi connectivity index (χ2v) is 4.53. The maximum Gasteiger partial charge on any atom is 0.206 e. The molecule has 0 saturated carbocycles. The van der Waals surface area contributed by atoms with E-state index in [0.717, 1.165) is 31.1 Å². The van der Waals surface area contributed by atoms with Gasteiger partial charge < -0.3 is 15.2 Å². The molecule has 1 saturated heterocycles. The lowest BCUT2D eigenvalue weighted by molar-refractivity contribution is 0.707. The quantitative estimate of drug-likeness (QED) is 0.871. The van der Waals surface area contributed by atoms with Gasteiger partial charge >= 0.3 is 0 Å². The minimum absolute atomic E-state index is 0.654. The van der Waals surface area contributed by atoms with Gasteiger partial charge in [0.05, 0.1) is 11.0 Å². The highest BCUT2D eigenvalue weighted by Crippen LogP contribution is 2.24. The largest absolute Gasteiger partial charge is 0.342 e. The fourth-order valence-corrected chi connectivity index (χ4v) is 2.57. The van der Waals surface area contributed by atoms with Gasteiger partial charge in [0.25, 0.3) is 0 Å². The van der Waals surface area contributed by atoms with E-state index in [9.17, 15) is 0 Å². The van der Waals surface area contributed by atoms with E-state index in [4.69, 9.17) is 10.7 Å². The molecule has 0 unspecified atom stereocenters. The Morgan fingerprint density at radius 3 is 2.71 bits per heavy atom. The molecular weight excluding hydrogens is 212 g/mol. The van der Waals surface area contributed by atoms with Gasteiger partial charge in [-0.05, 0) is 25.0 Å². The molecule has 0 atom stereocenters. The third-order valence-corrected chi connectivity index (χ3v) is 3.38. The van der Waals surface area contributed by atoms with Crippen molar-refractivity contribution in [3.8, 4) is 0 Å². The molecule has 0 bridgehead atoms. The number of para-hydroxylation sites is 2. The first-order chi connectivity index (χ1) is 8.40. The van der Waals surface area contributed by atoms with Crippen molar-refractivity contribution in [1.82, 2.24) is 9.55 Å². The SMILES string of the molecule is NCCn1c(N2CCCC2)nc2ccccc21. The minimum atomic E-state index is 0.654. The van der Waals surface area contributed by atoms with Crippen LogP contribution in [0.25, 0.3) is 11.0 Å². The molecule has 0 radical (unpaired) electrons. The van der Waals surface area contributed by atoms with Gasteiger partial charge in [0, 0.05) is 26.2 Å². The first-order valence-corrected chi connectivity index (χ1v) is 6.30. The van der Waals surface area contributed by atoms with E-state index in [-0.39, 0.29) is 0 Å². The smallest absolute Gasteiger partial charge is 0.206 e. The molecule has 1 aliphatic rings. The maximum absolute atomic E-state index is 5.71. The standard InChI is InChI=1S/C13H18N4/c14-7-10-17-12-6-2-1-5-11(12)15-13(17)16-8-3-4-9-16/h1-2,5-6H,3-4,7-10,14H2. The van der Waals surface area contributed by atoms with Crippen LogP contribution in [0.1, 0.15) is 12.8 Å². The molecule has 17 heavy (non-hydrogen) atoms. The lowest BCUT2D eigenvalue weighted by Crippen LogP contribution is -2.23. The highest BCUT2D eigenvalue weighted by molar-refractivity contribution is 5.78. The predicted octanol–water partition coefficient (Wildman–Crippen LogP) is 1.60. The van der Waals surface area contributed by atoms with Crippen molar-refractivity contribution in [2.45, 2.75) is 19.4 Å². The van der Waals surface area contributed by atoms with Gasteiger partial charge in [0.2, 0.25) is 5.95 Å². The molecule has 1 aliphatic heterocycles. The van der Waals surface area contributed by atoms with E-state index in [1.54, 1.807) is 0 Å². The number of nitrogens with two attached hydrogens (primary N) is 1. The van der Waals surface area contributed by atoms with Gasteiger partial charge in [0.1, 0.15) is 0 Å². The number of rotatable bonds is 3. The first kappa shape index (κ1) is 10.6. The summed E-state index contributed by atoms with van der Waals surface area (Å²) in [7, 11) is 0. The summed E-state index contributed by atoms with van der Waals surface area (Å²) in [4.78, 5) is 7.12. The van der Waals surface area contributed by atoms with Crippen LogP contribution >= 0.6 is 0 Å². The molecule has 0 spiro atoms. The lowest BCUT2D eigenvalue weighted by Gasteiger charge is -2.18. The number of anilines is 1. The normalized spacial score (nSPS) is 15.9. The number of nitrogens with zero attached hydrogens (tertiary/aromatic N) is 3. The molecular formula is C13H18N4. The van der Waals surface area contributed by atoms with E-state index in [1.165, 1.54) is 18.4 Å². The molecule has 1 aromatic heterocycles. The van der Waals surface area contributed by atoms with Crippen LogP contribution in [-0.2, 0) is 6.54 Å². The van der Waals surface area contributed by atoms with Crippen molar-refractivity contribution in [3.63, 3.8) is 0 Å². The first-order valence-electron chi connectivity index (χ1n) is 6.30. The molecule has 90 valence electrons. The van der Waals surface area contributed by atoms with Crippen LogP contribution in [0.15, 0.2) is 24.3 Å². The number of aromatic nitrogens is 2. The van der Waals surface area contributed by atoms with Gasteiger partial charge in [-0.15, -0.1) is 0 Å². The fourth-order valence-electron chi connectivity index (χ4n) is 2.57. The highest BCUT2D eigenvalue weighted by atomic mass is 15.3. The summed E-state index contributed by atoms with van der Waals surface area (Å²) in [6, 6.07) is 8.29. The van der Waals surface area contributed by atoms with E-state index in [1.807, 2.05) is 6.07 Å². The summed E-state index contributed by atoms with van der Waals surface area (Å²) >= 11 is 0. The van der Waals surface area contributed by atoms with Crippen LogP contribution in [0.4, 0.5) is 5.95 Å². The van der Waals surface area contributed by atoms with Crippen LogP contribution < -0.4 is 10.6 Å². The topological polar surface area (TPSA) is 47.1 Å². The third kappa shape index (κ3) is 1.78. The van der Waals surface area contributed by atoms with E-state index in [2.05, 4.69) is 27.7 Å². The summed E-state index contributed by atoms with van der Waals surface area (Å²) in [5, 5.41) is 0. The Morgan fingerprint density at radius 1 is 1.18 bits per heavy atom. The Bertz CT molecular complexity index is 511. The van der Waals surface area contributed by atoms with Crippen molar-refractivity contribution in [2.75, 3.05) is 24.5 Å². The summed E-state index contributed by atoms with van der Waals surface area (Å²) in [6.07, 6.45) is 2.54. The van der Waals surface area contributed by atoms with Crippen molar-refractivity contribution in [3.05, 3.63) is 24.3 Å². The van der Waals surface area contributed by atoms with Crippen LogP contribution in [0.2, 0.25) is 0 Å².